The van der Waals surface area contributed by atoms with E-state index in [9.17, 15) is 18.4 Å². The number of nitrogens with zero attached hydrogens (tertiary/aromatic N) is 2. The van der Waals surface area contributed by atoms with Crippen LogP contribution in [-0.4, -0.2) is 34.8 Å². The summed E-state index contributed by atoms with van der Waals surface area (Å²) in [5, 5.41) is 2.74. The van der Waals surface area contributed by atoms with Crippen LogP contribution in [0.3, 0.4) is 0 Å². The molecule has 1 N–H and O–H groups in total. The SMILES string of the molecule is O=C(Nc1ccc(Br)cn1)C1CCCN(C(=O)c2ccc(F)c(F)c2)C1. The van der Waals surface area contributed by atoms with E-state index in [1.54, 1.807) is 18.3 Å². The van der Waals surface area contributed by atoms with Gasteiger partial charge >= 0.3 is 0 Å². The lowest BCUT2D eigenvalue weighted by Crippen LogP contribution is -2.43. The number of amides is 2. The highest BCUT2D eigenvalue weighted by molar-refractivity contribution is 9.10. The molecule has 136 valence electrons. The lowest BCUT2D eigenvalue weighted by Gasteiger charge is -2.32. The van der Waals surface area contributed by atoms with Crippen LogP contribution in [0, 0.1) is 17.6 Å². The number of benzene rings is 1. The Bertz CT molecular complexity index is 830. The second kappa shape index (κ2) is 7.90. The van der Waals surface area contributed by atoms with Gasteiger partial charge in [-0.1, -0.05) is 0 Å². The van der Waals surface area contributed by atoms with Crippen LogP contribution in [0.4, 0.5) is 14.6 Å². The fourth-order valence-electron chi connectivity index (χ4n) is 2.87. The maximum atomic E-state index is 13.4. The van der Waals surface area contributed by atoms with E-state index >= 15 is 0 Å². The second-order valence-electron chi connectivity index (χ2n) is 6.07. The summed E-state index contributed by atoms with van der Waals surface area (Å²) in [5.74, 6) is -2.65. The third-order valence-electron chi connectivity index (χ3n) is 4.22. The van der Waals surface area contributed by atoms with Gasteiger partial charge in [0.15, 0.2) is 11.6 Å². The zero-order valence-corrected chi connectivity index (χ0v) is 15.3. The van der Waals surface area contributed by atoms with Gasteiger partial charge in [0.2, 0.25) is 5.91 Å². The van der Waals surface area contributed by atoms with Gasteiger partial charge in [-0.25, -0.2) is 13.8 Å². The fourth-order valence-corrected chi connectivity index (χ4v) is 3.10. The number of carbonyl (C=O) groups excluding carboxylic acids is 2. The number of likely N-dealkylation sites (tertiary alicyclic amines) is 1. The predicted molar refractivity (Wildman–Crippen MR) is 95.6 cm³/mol. The van der Waals surface area contributed by atoms with Crippen LogP contribution in [0.1, 0.15) is 23.2 Å². The van der Waals surface area contributed by atoms with Gasteiger partial charge in [0, 0.05) is 29.3 Å². The minimum atomic E-state index is -1.07. The van der Waals surface area contributed by atoms with Crippen LogP contribution in [0.15, 0.2) is 41.0 Å². The molecule has 2 aromatic rings. The maximum absolute atomic E-state index is 13.4. The van der Waals surface area contributed by atoms with E-state index in [0.29, 0.717) is 25.2 Å². The minimum absolute atomic E-state index is 0.0690. The van der Waals surface area contributed by atoms with Crippen LogP contribution in [0.5, 0.6) is 0 Å². The average molecular weight is 424 g/mol. The summed E-state index contributed by atoms with van der Waals surface area (Å²) < 4.78 is 27.2. The normalized spacial score (nSPS) is 17.0. The third-order valence-corrected chi connectivity index (χ3v) is 4.69. The van der Waals surface area contributed by atoms with Crippen LogP contribution in [0.25, 0.3) is 0 Å². The summed E-state index contributed by atoms with van der Waals surface area (Å²) in [6, 6.07) is 6.50. The van der Waals surface area contributed by atoms with Crippen LogP contribution in [-0.2, 0) is 4.79 Å². The highest BCUT2D eigenvalue weighted by Gasteiger charge is 2.29. The van der Waals surface area contributed by atoms with Gasteiger partial charge in [-0.05, 0) is 59.1 Å². The smallest absolute Gasteiger partial charge is 0.253 e. The molecule has 1 aliphatic rings. The molecule has 0 bridgehead atoms. The molecular weight excluding hydrogens is 408 g/mol. The number of carbonyl (C=O) groups is 2. The molecule has 3 rings (SSSR count). The predicted octanol–water partition coefficient (Wildman–Crippen LogP) is 3.61. The zero-order valence-electron chi connectivity index (χ0n) is 13.7. The molecule has 2 amide bonds. The molecule has 1 atom stereocenters. The summed E-state index contributed by atoms with van der Waals surface area (Å²) in [6.07, 6.45) is 2.88. The molecule has 1 aliphatic heterocycles. The number of pyridine rings is 1. The first-order valence-electron chi connectivity index (χ1n) is 8.11. The van der Waals surface area contributed by atoms with Gasteiger partial charge in [0.25, 0.3) is 5.91 Å². The maximum Gasteiger partial charge on any atom is 0.253 e. The van der Waals surface area contributed by atoms with E-state index < -0.39 is 17.5 Å². The summed E-state index contributed by atoms with van der Waals surface area (Å²) >= 11 is 3.27. The van der Waals surface area contributed by atoms with Crippen molar-refractivity contribution >= 4 is 33.6 Å². The Morgan fingerprint density at radius 2 is 2.00 bits per heavy atom. The molecule has 1 unspecified atom stereocenters. The molecule has 8 heteroatoms. The van der Waals surface area contributed by atoms with E-state index in [1.165, 1.54) is 11.0 Å². The molecule has 5 nitrogen and oxygen atoms in total. The van der Waals surface area contributed by atoms with Crippen molar-refractivity contribution in [3.05, 3.63) is 58.2 Å². The lowest BCUT2D eigenvalue weighted by molar-refractivity contribution is -0.121. The van der Waals surface area contributed by atoms with Crippen LogP contribution >= 0.6 is 15.9 Å². The fraction of sp³-hybridized carbons (Fsp3) is 0.278. The van der Waals surface area contributed by atoms with Crippen molar-refractivity contribution in [1.29, 1.82) is 0 Å². The van der Waals surface area contributed by atoms with E-state index in [2.05, 4.69) is 26.2 Å². The number of hydrogen-bond donors (Lipinski definition) is 1. The molecule has 0 radical (unpaired) electrons. The van der Waals surface area contributed by atoms with Gasteiger partial charge in [0.1, 0.15) is 5.82 Å². The molecule has 1 aromatic heterocycles. The van der Waals surface area contributed by atoms with E-state index in [-0.39, 0.29) is 23.9 Å². The molecule has 0 aliphatic carbocycles. The quantitative estimate of drug-likeness (QED) is 0.819. The number of aromatic nitrogens is 1. The molecule has 1 saturated heterocycles. The summed E-state index contributed by atoms with van der Waals surface area (Å²) in [6.45, 7) is 0.693. The Kier molecular flexibility index (Phi) is 5.61. The van der Waals surface area contributed by atoms with Crippen molar-refractivity contribution in [1.82, 2.24) is 9.88 Å². The number of anilines is 1. The van der Waals surface area contributed by atoms with Gasteiger partial charge in [-0.3, -0.25) is 9.59 Å². The second-order valence-corrected chi connectivity index (χ2v) is 6.99. The number of nitrogens with one attached hydrogen (secondary N) is 1. The largest absolute Gasteiger partial charge is 0.338 e. The first-order valence-corrected chi connectivity index (χ1v) is 8.90. The molecular formula is C18H16BrF2N3O2. The van der Waals surface area contributed by atoms with Gasteiger partial charge in [0.05, 0.1) is 5.92 Å². The molecule has 0 saturated carbocycles. The van der Waals surface area contributed by atoms with Crippen LogP contribution < -0.4 is 5.32 Å². The first-order chi connectivity index (χ1) is 12.4. The highest BCUT2D eigenvalue weighted by Crippen LogP contribution is 2.21. The number of halogens is 3. The molecule has 0 spiro atoms. The van der Waals surface area contributed by atoms with Crippen LogP contribution in [0.2, 0.25) is 0 Å². The zero-order chi connectivity index (χ0) is 18.7. The average Bonchev–Trinajstić information content (AvgIpc) is 2.65. The third kappa shape index (κ3) is 4.24. The Hall–Kier alpha value is -2.35. The first kappa shape index (κ1) is 18.4. The van der Waals surface area contributed by atoms with Crippen molar-refractivity contribution in [3.63, 3.8) is 0 Å². The van der Waals surface area contributed by atoms with Crippen molar-refractivity contribution in [2.75, 3.05) is 18.4 Å². The summed E-state index contributed by atoms with van der Waals surface area (Å²) in [5.41, 5.74) is 0.0690. The molecule has 2 heterocycles. The highest BCUT2D eigenvalue weighted by atomic mass is 79.9. The van der Waals surface area contributed by atoms with Crippen molar-refractivity contribution < 1.29 is 18.4 Å². The number of hydrogen-bond acceptors (Lipinski definition) is 3. The van der Waals surface area contributed by atoms with Crippen molar-refractivity contribution in [3.8, 4) is 0 Å². The van der Waals surface area contributed by atoms with Crippen molar-refractivity contribution in [2.24, 2.45) is 5.92 Å². The Morgan fingerprint density at radius 3 is 2.69 bits per heavy atom. The van der Waals surface area contributed by atoms with E-state index in [4.69, 9.17) is 0 Å². The standard InChI is InChI=1S/C18H16BrF2N3O2/c19-13-4-6-16(22-9-13)23-17(25)12-2-1-7-24(10-12)18(26)11-3-5-14(20)15(21)8-11/h3-6,8-9,12H,1-2,7,10H2,(H,22,23,25). The van der Waals surface area contributed by atoms with Gasteiger partial charge < -0.3 is 10.2 Å². The topological polar surface area (TPSA) is 62.3 Å². The van der Waals surface area contributed by atoms with Gasteiger partial charge in [-0.2, -0.15) is 0 Å². The Balaban J connectivity index is 1.66. The minimum Gasteiger partial charge on any atom is -0.338 e. The van der Waals surface area contributed by atoms with E-state index in [1.807, 2.05) is 0 Å². The Labute approximate surface area is 157 Å². The molecule has 26 heavy (non-hydrogen) atoms. The van der Waals surface area contributed by atoms with Gasteiger partial charge in [-0.15, -0.1) is 0 Å². The Morgan fingerprint density at radius 1 is 1.19 bits per heavy atom. The summed E-state index contributed by atoms with van der Waals surface area (Å²) in [7, 11) is 0. The number of piperidine rings is 1. The number of rotatable bonds is 3. The monoisotopic (exact) mass is 423 g/mol. The lowest BCUT2D eigenvalue weighted by atomic mass is 9.96. The molecule has 1 fully saturated rings. The molecule has 1 aromatic carbocycles. The summed E-state index contributed by atoms with van der Waals surface area (Å²) in [4.78, 5) is 30.6. The van der Waals surface area contributed by atoms with Crippen molar-refractivity contribution in [2.45, 2.75) is 12.8 Å². The van der Waals surface area contributed by atoms with E-state index in [0.717, 1.165) is 16.6 Å².